The molecule has 2 fully saturated rings. The Morgan fingerprint density at radius 2 is 1.86 bits per heavy atom. The molecule has 1 aromatic carbocycles. The van der Waals surface area contributed by atoms with Gasteiger partial charge in [0.25, 0.3) is 5.91 Å². The summed E-state index contributed by atoms with van der Waals surface area (Å²) in [6.45, 7) is 8.05. The summed E-state index contributed by atoms with van der Waals surface area (Å²) in [6.07, 6.45) is 3.32. The lowest BCUT2D eigenvalue weighted by Crippen LogP contribution is -2.47. The van der Waals surface area contributed by atoms with Gasteiger partial charge in [0.2, 0.25) is 0 Å². The van der Waals surface area contributed by atoms with Gasteiger partial charge in [0.05, 0.1) is 31.7 Å². The Labute approximate surface area is 171 Å². The van der Waals surface area contributed by atoms with Crippen molar-refractivity contribution in [3.63, 3.8) is 0 Å². The Balaban J connectivity index is 1.56. The third-order valence-corrected chi connectivity index (χ3v) is 5.50. The molecule has 1 aromatic heterocycles. The molecule has 3 heterocycles. The van der Waals surface area contributed by atoms with Crippen LogP contribution in [0.2, 0.25) is 0 Å². The van der Waals surface area contributed by atoms with Crippen molar-refractivity contribution in [2.24, 2.45) is 5.92 Å². The molecular weight excluding hydrogens is 368 g/mol. The van der Waals surface area contributed by atoms with Crippen LogP contribution in [0.1, 0.15) is 36.0 Å². The second-order valence-electron chi connectivity index (χ2n) is 7.89. The Hall–Kier alpha value is -2.51. The van der Waals surface area contributed by atoms with Gasteiger partial charge in [-0.25, -0.2) is 4.98 Å². The first kappa shape index (κ1) is 19.8. The van der Waals surface area contributed by atoms with E-state index in [0.717, 1.165) is 17.9 Å². The predicted octanol–water partition coefficient (Wildman–Crippen LogP) is 2.55. The van der Waals surface area contributed by atoms with Gasteiger partial charge in [0.1, 0.15) is 17.6 Å². The van der Waals surface area contributed by atoms with Crippen LogP contribution in [-0.4, -0.2) is 66.3 Å². The van der Waals surface area contributed by atoms with E-state index in [9.17, 15) is 4.79 Å². The molecule has 1 amide bonds. The average Bonchev–Trinajstić information content (AvgIpc) is 2.79. The first-order valence-electron chi connectivity index (χ1n) is 10.3. The standard InChI is InChI=1S/C22H28N4O3/c1-16(2)19-14-26(15-20(29-19)17-6-4-3-5-7-17)21-13-23-12-18(24-21)22(27)25-8-10-28-11-9-25/h3-7,12-13,16,19-20H,8-11,14-15H2,1-2H3/t19-,20+/m1/s1. The third kappa shape index (κ3) is 4.57. The van der Waals surface area contributed by atoms with Crippen LogP contribution >= 0.6 is 0 Å². The third-order valence-electron chi connectivity index (χ3n) is 5.50. The number of carbonyl (C=O) groups is 1. The molecule has 2 aliphatic rings. The zero-order valence-corrected chi connectivity index (χ0v) is 17.0. The minimum atomic E-state index is -0.0871. The summed E-state index contributed by atoms with van der Waals surface area (Å²) in [5.74, 6) is 1.00. The first-order valence-corrected chi connectivity index (χ1v) is 10.3. The maximum Gasteiger partial charge on any atom is 0.274 e. The van der Waals surface area contributed by atoms with Gasteiger partial charge in [0.15, 0.2) is 0 Å². The van der Waals surface area contributed by atoms with Crippen molar-refractivity contribution < 1.29 is 14.3 Å². The molecule has 2 aromatic rings. The molecule has 2 atom stereocenters. The van der Waals surface area contributed by atoms with E-state index in [4.69, 9.17) is 9.47 Å². The van der Waals surface area contributed by atoms with Crippen molar-refractivity contribution in [1.29, 1.82) is 0 Å². The van der Waals surface area contributed by atoms with Crippen molar-refractivity contribution in [3.05, 3.63) is 54.0 Å². The molecule has 0 unspecified atom stereocenters. The van der Waals surface area contributed by atoms with Crippen LogP contribution in [0.3, 0.4) is 0 Å². The van der Waals surface area contributed by atoms with E-state index in [2.05, 4.69) is 40.8 Å². The summed E-state index contributed by atoms with van der Waals surface area (Å²) < 4.78 is 11.7. The van der Waals surface area contributed by atoms with Crippen molar-refractivity contribution >= 4 is 11.7 Å². The molecule has 0 radical (unpaired) electrons. The molecule has 29 heavy (non-hydrogen) atoms. The first-order chi connectivity index (χ1) is 14.1. The highest BCUT2D eigenvalue weighted by molar-refractivity contribution is 5.92. The minimum absolute atomic E-state index is 0.0437. The lowest BCUT2D eigenvalue weighted by atomic mass is 10.0. The molecule has 7 heteroatoms. The van der Waals surface area contributed by atoms with Crippen LogP contribution in [-0.2, 0) is 9.47 Å². The highest BCUT2D eigenvalue weighted by Gasteiger charge is 2.32. The van der Waals surface area contributed by atoms with Crippen molar-refractivity contribution in [3.8, 4) is 0 Å². The number of hydrogen-bond acceptors (Lipinski definition) is 6. The lowest BCUT2D eigenvalue weighted by Gasteiger charge is -2.40. The Bertz CT molecular complexity index is 824. The van der Waals surface area contributed by atoms with E-state index < -0.39 is 0 Å². The molecule has 0 saturated carbocycles. The van der Waals surface area contributed by atoms with Crippen LogP contribution < -0.4 is 4.90 Å². The van der Waals surface area contributed by atoms with Gasteiger partial charge in [-0.1, -0.05) is 44.2 Å². The summed E-state index contributed by atoms with van der Waals surface area (Å²) in [5, 5.41) is 0. The van der Waals surface area contributed by atoms with Crippen molar-refractivity contribution in [2.45, 2.75) is 26.1 Å². The fourth-order valence-electron chi connectivity index (χ4n) is 3.74. The quantitative estimate of drug-likeness (QED) is 0.791. The second-order valence-corrected chi connectivity index (χ2v) is 7.89. The van der Waals surface area contributed by atoms with Crippen LogP contribution in [0.15, 0.2) is 42.7 Å². The van der Waals surface area contributed by atoms with E-state index in [1.165, 1.54) is 0 Å². The Morgan fingerprint density at radius 1 is 1.10 bits per heavy atom. The number of carbonyl (C=O) groups excluding carboxylic acids is 1. The van der Waals surface area contributed by atoms with E-state index in [-0.39, 0.29) is 18.1 Å². The zero-order valence-electron chi connectivity index (χ0n) is 17.0. The van der Waals surface area contributed by atoms with Crippen LogP contribution in [0.5, 0.6) is 0 Å². The molecule has 0 N–H and O–H groups in total. The largest absolute Gasteiger partial charge is 0.378 e. The maximum atomic E-state index is 12.8. The van der Waals surface area contributed by atoms with Crippen LogP contribution in [0.25, 0.3) is 0 Å². The zero-order chi connectivity index (χ0) is 20.2. The van der Waals surface area contributed by atoms with E-state index >= 15 is 0 Å². The summed E-state index contributed by atoms with van der Waals surface area (Å²) in [6, 6.07) is 10.3. The number of morpholine rings is 2. The molecule has 2 saturated heterocycles. The van der Waals surface area contributed by atoms with Gasteiger partial charge in [-0.3, -0.25) is 9.78 Å². The van der Waals surface area contributed by atoms with Gasteiger partial charge in [-0.15, -0.1) is 0 Å². The Kier molecular flexibility index (Phi) is 6.06. The molecule has 0 aliphatic carbocycles. The van der Waals surface area contributed by atoms with E-state index in [0.29, 0.717) is 44.5 Å². The number of benzene rings is 1. The molecular formula is C22H28N4O3. The topological polar surface area (TPSA) is 67.8 Å². The highest BCUT2D eigenvalue weighted by Crippen LogP contribution is 2.30. The van der Waals surface area contributed by atoms with Gasteiger partial charge < -0.3 is 19.3 Å². The minimum Gasteiger partial charge on any atom is -0.378 e. The highest BCUT2D eigenvalue weighted by atomic mass is 16.5. The molecule has 2 aliphatic heterocycles. The number of aromatic nitrogens is 2. The number of ether oxygens (including phenoxy) is 2. The number of amides is 1. The second kappa shape index (κ2) is 8.88. The van der Waals surface area contributed by atoms with Gasteiger partial charge >= 0.3 is 0 Å². The lowest BCUT2D eigenvalue weighted by molar-refractivity contribution is -0.0501. The van der Waals surface area contributed by atoms with Crippen LogP contribution in [0.4, 0.5) is 5.82 Å². The van der Waals surface area contributed by atoms with Crippen molar-refractivity contribution in [2.75, 3.05) is 44.3 Å². The van der Waals surface area contributed by atoms with Gasteiger partial charge in [-0.05, 0) is 11.5 Å². The van der Waals surface area contributed by atoms with Gasteiger partial charge in [0, 0.05) is 26.2 Å². The molecule has 0 bridgehead atoms. The molecule has 154 valence electrons. The SMILES string of the molecule is CC(C)[C@H]1CN(c2cncc(C(=O)N3CCOCC3)n2)C[C@@H](c2ccccc2)O1. The van der Waals surface area contributed by atoms with Crippen LogP contribution in [0, 0.1) is 5.92 Å². The van der Waals surface area contributed by atoms with Gasteiger partial charge in [-0.2, -0.15) is 0 Å². The monoisotopic (exact) mass is 396 g/mol. The van der Waals surface area contributed by atoms with E-state index in [1.807, 2.05) is 18.2 Å². The summed E-state index contributed by atoms with van der Waals surface area (Å²) in [4.78, 5) is 25.8. The maximum absolute atomic E-state index is 12.8. The number of nitrogens with zero attached hydrogens (tertiary/aromatic N) is 4. The fraction of sp³-hybridized carbons (Fsp3) is 0.500. The predicted molar refractivity (Wildman–Crippen MR) is 110 cm³/mol. The number of anilines is 1. The number of rotatable bonds is 4. The average molecular weight is 396 g/mol. The van der Waals surface area contributed by atoms with E-state index in [1.54, 1.807) is 17.3 Å². The molecule has 7 nitrogen and oxygen atoms in total. The summed E-state index contributed by atoms with van der Waals surface area (Å²) >= 11 is 0. The van der Waals surface area contributed by atoms with Crippen molar-refractivity contribution in [1.82, 2.24) is 14.9 Å². The normalized spacial score (nSPS) is 22.7. The smallest absolute Gasteiger partial charge is 0.274 e. The fourth-order valence-corrected chi connectivity index (χ4v) is 3.74. The number of hydrogen-bond donors (Lipinski definition) is 0. The summed E-state index contributed by atoms with van der Waals surface area (Å²) in [5.41, 5.74) is 1.53. The molecule has 4 rings (SSSR count). The summed E-state index contributed by atoms with van der Waals surface area (Å²) in [7, 11) is 0. The molecule has 0 spiro atoms. The Morgan fingerprint density at radius 3 is 2.59 bits per heavy atom.